The molecule has 82 valence electrons. The largest absolute Gasteiger partial charge is 0.341 e. The minimum absolute atomic E-state index is 0.102. The number of nitrogens with one attached hydrogen (secondary N) is 1. The van der Waals surface area contributed by atoms with Gasteiger partial charge >= 0.3 is 5.69 Å². The molecule has 0 aliphatic heterocycles. The van der Waals surface area contributed by atoms with E-state index in [0.717, 1.165) is 10.2 Å². The number of benzene rings is 1. The van der Waals surface area contributed by atoms with E-state index in [2.05, 4.69) is 21.2 Å². The molecule has 1 N–H and O–H groups in total. The lowest BCUT2D eigenvalue weighted by Crippen LogP contribution is -1.92. The van der Waals surface area contributed by atoms with Crippen molar-refractivity contribution < 1.29 is 4.92 Å². The fraction of sp³-hybridized carbons (Fsp3) is 0. The molecule has 0 saturated carbocycles. The highest BCUT2D eigenvalue weighted by molar-refractivity contribution is 9.10. The summed E-state index contributed by atoms with van der Waals surface area (Å²) in [5.41, 5.74) is 0.921. The summed E-state index contributed by atoms with van der Waals surface area (Å²) in [5, 5.41) is 16.0. The number of halogens is 1. The fourth-order valence-corrected chi connectivity index (χ4v) is 2.41. The molecule has 6 heteroatoms. The molecule has 2 rings (SSSR count). The van der Waals surface area contributed by atoms with Gasteiger partial charge in [0.15, 0.2) is 5.00 Å². The van der Waals surface area contributed by atoms with Crippen LogP contribution in [0.1, 0.15) is 0 Å². The summed E-state index contributed by atoms with van der Waals surface area (Å²) in [7, 11) is 0. The monoisotopic (exact) mass is 298 g/mol. The van der Waals surface area contributed by atoms with Crippen molar-refractivity contribution in [2.24, 2.45) is 0 Å². The minimum Gasteiger partial charge on any atom is -0.341 e. The van der Waals surface area contributed by atoms with Crippen molar-refractivity contribution in [2.75, 3.05) is 5.32 Å². The van der Waals surface area contributed by atoms with Crippen molar-refractivity contribution in [3.63, 3.8) is 0 Å². The van der Waals surface area contributed by atoms with E-state index in [0.29, 0.717) is 5.00 Å². The quantitative estimate of drug-likeness (QED) is 0.684. The van der Waals surface area contributed by atoms with Crippen LogP contribution in [0.5, 0.6) is 0 Å². The minimum atomic E-state index is -0.392. The molecule has 16 heavy (non-hydrogen) atoms. The molecule has 0 saturated heterocycles. The van der Waals surface area contributed by atoms with Crippen molar-refractivity contribution >= 4 is 43.6 Å². The molecule has 2 aromatic rings. The lowest BCUT2D eigenvalue weighted by atomic mass is 10.3. The lowest BCUT2D eigenvalue weighted by molar-refractivity contribution is -0.383. The number of nitrogens with zero attached hydrogens (tertiary/aromatic N) is 1. The first-order chi connectivity index (χ1) is 7.66. The van der Waals surface area contributed by atoms with Gasteiger partial charge in [-0.1, -0.05) is 22.0 Å². The fourth-order valence-electron chi connectivity index (χ4n) is 1.24. The molecule has 0 aliphatic carbocycles. The number of anilines is 2. The molecule has 1 aromatic heterocycles. The van der Waals surface area contributed by atoms with E-state index < -0.39 is 4.92 Å². The van der Waals surface area contributed by atoms with Crippen LogP contribution >= 0.6 is 27.3 Å². The van der Waals surface area contributed by atoms with Gasteiger partial charge in [-0.3, -0.25) is 10.1 Å². The van der Waals surface area contributed by atoms with Gasteiger partial charge < -0.3 is 5.32 Å². The predicted octanol–water partition coefficient (Wildman–Crippen LogP) is 4.16. The van der Waals surface area contributed by atoms with Crippen LogP contribution in [0.3, 0.4) is 0 Å². The highest BCUT2D eigenvalue weighted by Crippen LogP contribution is 2.33. The molecule has 0 fully saturated rings. The molecule has 0 spiro atoms. The Labute approximate surface area is 104 Å². The highest BCUT2D eigenvalue weighted by Gasteiger charge is 2.14. The first kappa shape index (κ1) is 11.1. The zero-order valence-corrected chi connectivity index (χ0v) is 10.4. The molecule has 0 unspecified atom stereocenters. The van der Waals surface area contributed by atoms with Crippen molar-refractivity contribution in [1.82, 2.24) is 0 Å². The van der Waals surface area contributed by atoms with Crippen molar-refractivity contribution in [3.8, 4) is 0 Å². The predicted molar refractivity (Wildman–Crippen MR) is 68.4 cm³/mol. The average Bonchev–Trinajstić information content (AvgIpc) is 2.66. The third-order valence-corrected chi connectivity index (χ3v) is 3.24. The SMILES string of the molecule is O=[N+]([O-])c1ccsc1Nc1cccc(Br)c1. The molecule has 0 atom stereocenters. The number of hydrogen-bond acceptors (Lipinski definition) is 4. The summed E-state index contributed by atoms with van der Waals surface area (Å²) in [6.45, 7) is 0. The highest BCUT2D eigenvalue weighted by atomic mass is 79.9. The Balaban J connectivity index is 2.27. The molecular formula is C10H7BrN2O2S. The van der Waals surface area contributed by atoms with E-state index in [1.165, 1.54) is 17.4 Å². The topological polar surface area (TPSA) is 55.2 Å². The maximum atomic E-state index is 10.7. The second-order valence-electron chi connectivity index (χ2n) is 3.03. The second kappa shape index (κ2) is 4.63. The summed E-state index contributed by atoms with van der Waals surface area (Å²) in [6.07, 6.45) is 0. The Kier molecular flexibility index (Phi) is 3.21. The van der Waals surface area contributed by atoms with Gasteiger partial charge in [-0.2, -0.15) is 0 Å². The zero-order valence-electron chi connectivity index (χ0n) is 8.01. The summed E-state index contributed by atoms with van der Waals surface area (Å²) in [5.74, 6) is 0. The third-order valence-electron chi connectivity index (χ3n) is 1.92. The molecule has 0 radical (unpaired) electrons. The summed E-state index contributed by atoms with van der Waals surface area (Å²) >= 11 is 4.65. The lowest BCUT2D eigenvalue weighted by Gasteiger charge is -2.03. The van der Waals surface area contributed by atoms with E-state index in [4.69, 9.17) is 0 Å². The van der Waals surface area contributed by atoms with Crippen LogP contribution in [0.4, 0.5) is 16.4 Å². The van der Waals surface area contributed by atoms with Crippen LogP contribution in [0.15, 0.2) is 40.2 Å². The smallest absolute Gasteiger partial charge is 0.303 e. The van der Waals surface area contributed by atoms with E-state index in [-0.39, 0.29) is 5.69 Å². The Hall–Kier alpha value is -1.40. The number of rotatable bonds is 3. The maximum Gasteiger partial charge on any atom is 0.303 e. The van der Waals surface area contributed by atoms with Crippen molar-refractivity contribution in [2.45, 2.75) is 0 Å². The molecule has 1 aromatic carbocycles. The van der Waals surface area contributed by atoms with Gasteiger partial charge in [-0.15, -0.1) is 11.3 Å². The molecule has 0 aliphatic rings. The van der Waals surface area contributed by atoms with Crippen molar-refractivity contribution in [3.05, 3.63) is 50.3 Å². The van der Waals surface area contributed by atoms with Gasteiger partial charge in [0.2, 0.25) is 0 Å². The summed E-state index contributed by atoms with van der Waals surface area (Å²) in [4.78, 5) is 10.3. The van der Waals surface area contributed by atoms with E-state index in [9.17, 15) is 10.1 Å². The Bertz CT molecular complexity index is 527. The maximum absolute atomic E-state index is 10.7. The van der Waals surface area contributed by atoms with Crippen LogP contribution in [0.25, 0.3) is 0 Å². The standard InChI is InChI=1S/C10H7BrN2O2S/c11-7-2-1-3-8(6-7)12-10-9(13(14)15)4-5-16-10/h1-6,12H. The molecular weight excluding hydrogens is 292 g/mol. The van der Waals surface area contributed by atoms with Gasteiger partial charge in [-0.25, -0.2) is 0 Å². The first-order valence-corrected chi connectivity index (χ1v) is 6.08. The molecule has 4 nitrogen and oxygen atoms in total. The Morgan fingerprint density at radius 3 is 2.88 bits per heavy atom. The zero-order chi connectivity index (χ0) is 11.5. The number of hydrogen-bond donors (Lipinski definition) is 1. The van der Waals surface area contributed by atoms with Gasteiger partial charge in [0.1, 0.15) is 0 Å². The third kappa shape index (κ3) is 2.40. The van der Waals surface area contributed by atoms with Crippen LogP contribution in [0.2, 0.25) is 0 Å². The van der Waals surface area contributed by atoms with E-state index in [1.54, 1.807) is 5.38 Å². The summed E-state index contributed by atoms with van der Waals surface area (Å²) < 4.78 is 0.928. The van der Waals surface area contributed by atoms with Gasteiger partial charge in [0, 0.05) is 16.2 Å². The van der Waals surface area contributed by atoms with Crippen molar-refractivity contribution in [1.29, 1.82) is 0 Å². The van der Waals surface area contributed by atoms with E-state index >= 15 is 0 Å². The Morgan fingerprint density at radius 1 is 1.38 bits per heavy atom. The summed E-state index contributed by atoms with van der Waals surface area (Å²) in [6, 6.07) is 8.97. The number of thiophene rings is 1. The van der Waals surface area contributed by atoms with E-state index in [1.807, 2.05) is 24.3 Å². The molecule has 1 heterocycles. The van der Waals surface area contributed by atoms with Crippen LogP contribution in [-0.4, -0.2) is 4.92 Å². The second-order valence-corrected chi connectivity index (χ2v) is 4.86. The van der Waals surface area contributed by atoms with Gasteiger partial charge in [0.05, 0.1) is 4.92 Å². The first-order valence-electron chi connectivity index (χ1n) is 4.41. The van der Waals surface area contributed by atoms with Crippen LogP contribution in [-0.2, 0) is 0 Å². The average molecular weight is 299 g/mol. The Morgan fingerprint density at radius 2 is 2.19 bits per heavy atom. The number of nitro groups is 1. The van der Waals surface area contributed by atoms with Crippen LogP contribution < -0.4 is 5.32 Å². The molecule has 0 amide bonds. The normalized spacial score (nSPS) is 10.1. The molecule has 0 bridgehead atoms. The van der Waals surface area contributed by atoms with Crippen LogP contribution in [0, 0.1) is 10.1 Å². The van der Waals surface area contributed by atoms with Gasteiger partial charge in [-0.05, 0) is 23.6 Å². The van der Waals surface area contributed by atoms with Gasteiger partial charge in [0.25, 0.3) is 0 Å².